The van der Waals surface area contributed by atoms with E-state index in [0.29, 0.717) is 35.2 Å². The van der Waals surface area contributed by atoms with E-state index in [4.69, 9.17) is 4.74 Å². The molecule has 7 heteroatoms. The lowest BCUT2D eigenvalue weighted by atomic mass is 9.68. The summed E-state index contributed by atoms with van der Waals surface area (Å²) < 4.78 is 5.97. The fraction of sp³-hybridized carbons (Fsp3) is 0.538. The molecule has 0 bridgehead atoms. The first-order valence-corrected chi connectivity index (χ1v) is 11.9. The van der Waals surface area contributed by atoms with Crippen LogP contribution in [0, 0.1) is 15.5 Å². The zero-order valence-electron chi connectivity index (χ0n) is 19.6. The molecule has 7 nitrogen and oxygen atoms in total. The zero-order valence-corrected chi connectivity index (χ0v) is 19.6. The Labute approximate surface area is 194 Å². The second-order valence-corrected chi connectivity index (χ2v) is 10.3. The molecule has 0 aromatic heterocycles. The number of Topliss-reactive ketones (excluding diaryl/α,β-unsaturated/α-hetero) is 1. The molecule has 2 aliphatic carbocycles. The molecule has 0 spiro atoms. The monoisotopic (exact) mass is 452 g/mol. The first-order chi connectivity index (χ1) is 15.7. The summed E-state index contributed by atoms with van der Waals surface area (Å²) in [6.45, 7) is 5.97. The molecule has 1 atom stereocenters. The molecule has 1 aromatic carbocycles. The van der Waals surface area contributed by atoms with Crippen molar-refractivity contribution in [2.75, 3.05) is 0 Å². The van der Waals surface area contributed by atoms with Crippen LogP contribution in [0.3, 0.4) is 0 Å². The number of carbonyl (C=O) groups excluding carboxylic acids is 2. The van der Waals surface area contributed by atoms with Gasteiger partial charge in [-0.25, -0.2) is 4.79 Å². The molecular formula is C26H32N2O5. The van der Waals surface area contributed by atoms with Gasteiger partial charge in [0.1, 0.15) is 6.10 Å². The Morgan fingerprint density at radius 1 is 1.09 bits per heavy atom. The molecule has 0 saturated heterocycles. The van der Waals surface area contributed by atoms with Crippen molar-refractivity contribution >= 4 is 17.4 Å². The second-order valence-electron chi connectivity index (χ2n) is 10.3. The van der Waals surface area contributed by atoms with E-state index in [-0.39, 0.29) is 23.0 Å². The van der Waals surface area contributed by atoms with Crippen molar-refractivity contribution in [2.24, 2.45) is 5.41 Å². The normalized spacial score (nSPS) is 23.5. The van der Waals surface area contributed by atoms with E-state index in [1.165, 1.54) is 12.1 Å². The topological polar surface area (TPSA) is 98.5 Å². The second kappa shape index (κ2) is 9.12. The lowest BCUT2D eigenvalue weighted by molar-refractivity contribution is -0.384. The fourth-order valence-electron chi connectivity index (χ4n) is 5.40. The summed E-state index contributed by atoms with van der Waals surface area (Å²) in [4.78, 5) is 37.5. The molecule has 1 aliphatic heterocycles. The number of hydrogen-bond acceptors (Lipinski definition) is 6. The van der Waals surface area contributed by atoms with Crippen LogP contribution in [0.4, 0.5) is 5.69 Å². The first kappa shape index (κ1) is 23.2. The zero-order chi connectivity index (χ0) is 23.8. The lowest BCUT2D eigenvalue weighted by Crippen LogP contribution is -2.39. The highest BCUT2D eigenvalue weighted by molar-refractivity contribution is 6.04. The standard InChI is InChI=1S/C26H32N2O5/c1-16-22(25(30)33-19-8-6-4-5-7-9-19)23(17-10-12-18(13-11-17)28(31)32)24-20(27-16)14-26(2,3)15-21(24)29/h10-13,19,23,27H,4-9,14-15H2,1-3H3. The van der Waals surface area contributed by atoms with Crippen molar-refractivity contribution in [3.8, 4) is 0 Å². The summed E-state index contributed by atoms with van der Waals surface area (Å²) >= 11 is 0. The Bertz CT molecular complexity index is 1030. The van der Waals surface area contributed by atoms with Gasteiger partial charge in [-0.3, -0.25) is 14.9 Å². The minimum atomic E-state index is -0.594. The van der Waals surface area contributed by atoms with Crippen molar-refractivity contribution in [3.63, 3.8) is 0 Å². The van der Waals surface area contributed by atoms with Crippen molar-refractivity contribution in [3.05, 3.63) is 62.5 Å². The molecule has 0 amide bonds. The number of nitrogens with zero attached hydrogens (tertiary/aromatic N) is 1. The predicted octanol–water partition coefficient (Wildman–Crippen LogP) is 5.46. The van der Waals surface area contributed by atoms with E-state index >= 15 is 0 Å². The number of nitrogens with one attached hydrogen (secondary N) is 1. The van der Waals surface area contributed by atoms with Crippen LogP contribution in [-0.2, 0) is 14.3 Å². The number of non-ortho nitro benzene ring substituents is 1. The Morgan fingerprint density at radius 2 is 1.73 bits per heavy atom. The first-order valence-electron chi connectivity index (χ1n) is 11.9. The van der Waals surface area contributed by atoms with Gasteiger partial charge >= 0.3 is 5.97 Å². The third kappa shape index (κ3) is 4.87. The van der Waals surface area contributed by atoms with E-state index in [9.17, 15) is 19.7 Å². The van der Waals surface area contributed by atoms with Gasteiger partial charge in [-0.05, 0) is 50.0 Å². The molecule has 1 unspecified atom stereocenters. The highest BCUT2D eigenvalue weighted by Gasteiger charge is 2.43. The van der Waals surface area contributed by atoms with Crippen molar-refractivity contribution in [1.82, 2.24) is 5.32 Å². The summed E-state index contributed by atoms with van der Waals surface area (Å²) in [5, 5.41) is 14.5. The van der Waals surface area contributed by atoms with E-state index in [0.717, 1.165) is 44.2 Å². The maximum absolute atomic E-state index is 13.5. The number of esters is 1. The van der Waals surface area contributed by atoms with Gasteiger partial charge in [-0.15, -0.1) is 0 Å². The minimum absolute atomic E-state index is 0.00405. The summed E-state index contributed by atoms with van der Waals surface area (Å²) in [6, 6.07) is 6.16. The van der Waals surface area contributed by atoms with Crippen LogP contribution >= 0.6 is 0 Å². The van der Waals surface area contributed by atoms with Crippen LogP contribution in [0.5, 0.6) is 0 Å². The van der Waals surface area contributed by atoms with Gasteiger partial charge in [0.15, 0.2) is 5.78 Å². The molecule has 1 saturated carbocycles. The molecule has 176 valence electrons. The van der Waals surface area contributed by atoms with E-state index in [1.54, 1.807) is 12.1 Å². The molecule has 1 fully saturated rings. The third-order valence-electron chi connectivity index (χ3n) is 6.97. The maximum Gasteiger partial charge on any atom is 0.337 e. The summed E-state index contributed by atoms with van der Waals surface area (Å²) in [5.41, 5.74) is 3.02. The number of benzene rings is 1. The van der Waals surface area contributed by atoms with Crippen LogP contribution in [0.2, 0.25) is 0 Å². The van der Waals surface area contributed by atoms with Gasteiger partial charge in [0.2, 0.25) is 0 Å². The predicted molar refractivity (Wildman–Crippen MR) is 124 cm³/mol. The fourth-order valence-corrected chi connectivity index (χ4v) is 5.40. The van der Waals surface area contributed by atoms with Gasteiger partial charge in [0.05, 0.1) is 10.5 Å². The highest BCUT2D eigenvalue weighted by atomic mass is 16.6. The van der Waals surface area contributed by atoms with Crippen LogP contribution < -0.4 is 5.32 Å². The Hall–Kier alpha value is -2.96. The molecule has 1 N–H and O–H groups in total. The number of nitro groups is 1. The average Bonchev–Trinajstić information content (AvgIpc) is 3.00. The van der Waals surface area contributed by atoms with E-state index in [1.807, 2.05) is 6.92 Å². The Morgan fingerprint density at radius 3 is 2.33 bits per heavy atom. The van der Waals surface area contributed by atoms with Gasteiger partial charge in [-0.1, -0.05) is 38.8 Å². The molecule has 4 rings (SSSR count). The number of dihydropyridines is 1. The molecule has 1 aromatic rings. The van der Waals surface area contributed by atoms with Gasteiger partial charge in [-0.2, -0.15) is 0 Å². The summed E-state index contributed by atoms with van der Waals surface area (Å²) in [5.74, 6) is -0.993. The van der Waals surface area contributed by atoms with Crippen LogP contribution in [0.25, 0.3) is 0 Å². The van der Waals surface area contributed by atoms with E-state index in [2.05, 4.69) is 19.2 Å². The van der Waals surface area contributed by atoms with E-state index < -0.39 is 16.8 Å². The summed E-state index contributed by atoms with van der Waals surface area (Å²) in [6.07, 6.45) is 7.08. The molecular weight excluding hydrogens is 420 g/mol. The number of rotatable bonds is 4. The van der Waals surface area contributed by atoms with Crippen molar-refractivity contribution in [1.29, 1.82) is 0 Å². The SMILES string of the molecule is CC1=C(C(=O)OC2CCCCCC2)C(c2ccc([N+](=O)[O-])cc2)C2=C(CC(C)(C)CC2=O)N1. The number of ether oxygens (including phenoxy) is 1. The van der Waals surface area contributed by atoms with Gasteiger partial charge < -0.3 is 10.1 Å². The summed E-state index contributed by atoms with van der Waals surface area (Å²) in [7, 11) is 0. The van der Waals surface area contributed by atoms with Crippen LogP contribution in [-0.4, -0.2) is 22.8 Å². The highest BCUT2D eigenvalue weighted by Crippen LogP contribution is 2.47. The average molecular weight is 453 g/mol. The minimum Gasteiger partial charge on any atom is -0.459 e. The Kier molecular flexibility index (Phi) is 6.41. The number of ketones is 1. The van der Waals surface area contributed by atoms with Crippen LogP contribution in [0.15, 0.2) is 46.8 Å². The largest absolute Gasteiger partial charge is 0.459 e. The molecule has 33 heavy (non-hydrogen) atoms. The Balaban J connectivity index is 1.74. The van der Waals surface area contributed by atoms with Gasteiger partial charge in [0.25, 0.3) is 5.69 Å². The number of hydrogen-bond donors (Lipinski definition) is 1. The van der Waals surface area contributed by atoms with Crippen LogP contribution in [0.1, 0.15) is 83.6 Å². The third-order valence-corrected chi connectivity index (χ3v) is 6.97. The number of carbonyl (C=O) groups is 2. The number of nitro benzene ring substituents is 1. The van der Waals surface area contributed by atoms with Crippen molar-refractivity contribution < 1.29 is 19.2 Å². The van der Waals surface area contributed by atoms with Crippen molar-refractivity contribution in [2.45, 2.75) is 84.2 Å². The molecule has 1 heterocycles. The smallest absolute Gasteiger partial charge is 0.337 e. The lowest BCUT2D eigenvalue weighted by Gasteiger charge is -2.39. The maximum atomic E-state index is 13.5. The molecule has 3 aliphatic rings. The van der Waals surface area contributed by atoms with Gasteiger partial charge in [0, 0.05) is 41.4 Å². The quantitative estimate of drug-likeness (QED) is 0.282. The molecule has 0 radical (unpaired) electrons. The number of allylic oxidation sites excluding steroid dienone is 3.